The number of benzene rings is 1. The van der Waals surface area contributed by atoms with Crippen LogP contribution in [0, 0.1) is 5.92 Å². The summed E-state index contributed by atoms with van der Waals surface area (Å²) in [6.45, 7) is 0.440. The summed E-state index contributed by atoms with van der Waals surface area (Å²) < 4.78 is 0. The molecular weight excluding hydrogens is 346 g/mol. The van der Waals surface area contributed by atoms with Gasteiger partial charge in [-0.2, -0.15) is 0 Å². The van der Waals surface area contributed by atoms with Crippen molar-refractivity contribution in [3.8, 4) is 0 Å². The van der Waals surface area contributed by atoms with Crippen LogP contribution in [0.4, 0.5) is 0 Å². The molecule has 2 aromatic rings. The van der Waals surface area contributed by atoms with Crippen molar-refractivity contribution in [3.05, 3.63) is 66.0 Å². The molecule has 0 bridgehead atoms. The molecule has 0 radical (unpaired) electrons. The van der Waals surface area contributed by atoms with E-state index in [0.29, 0.717) is 6.54 Å². The van der Waals surface area contributed by atoms with Crippen molar-refractivity contribution in [1.29, 1.82) is 0 Å². The number of carbonyl (C=O) groups excluding carboxylic acids is 2. The zero-order chi connectivity index (χ0) is 19.2. The van der Waals surface area contributed by atoms with Crippen LogP contribution in [0.15, 0.2) is 54.7 Å². The van der Waals surface area contributed by atoms with Gasteiger partial charge in [0.15, 0.2) is 0 Å². The third kappa shape index (κ3) is 4.91. The number of rotatable bonds is 7. The lowest BCUT2D eigenvalue weighted by atomic mass is 10.1. The molecule has 1 N–H and O–H groups in total. The first kappa shape index (κ1) is 18.6. The number of nitrogens with zero attached hydrogens (tertiary/aromatic N) is 3. The molecule has 7 heteroatoms. The van der Waals surface area contributed by atoms with Gasteiger partial charge in [-0.15, -0.1) is 0 Å². The van der Waals surface area contributed by atoms with Crippen molar-refractivity contribution in [3.63, 3.8) is 0 Å². The van der Waals surface area contributed by atoms with E-state index in [1.165, 1.54) is 4.90 Å². The average Bonchev–Trinajstić information content (AvgIpc) is 3.02. The highest BCUT2D eigenvalue weighted by Gasteiger charge is 2.37. The van der Waals surface area contributed by atoms with Crippen molar-refractivity contribution in [2.45, 2.75) is 19.5 Å². The molecular formula is C20H21N3O4. The van der Waals surface area contributed by atoms with Crippen molar-refractivity contribution >= 4 is 17.8 Å². The Morgan fingerprint density at radius 2 is 1.89 bits per heavy atom. The maximum atomic E-state index is 12.9. The molecule has 1 aromatic heterocycles. The first-order valence-corrected chi connectivity index (χ1v) is 8.75. The second-order valence-electron chi connectivity index (χ2n) is 6.57. The first-order chi connectivity index (χ1) is 13.0. The van der Waals surface area contributed by atoms with E-state index in [-0.39, 0.29) is 31.3 Å². The fourth-order valence-electron chi connectivity index (χ4n) is 3.21. The Kier molecular flexibility index (Phi) is 5.80. The van der Waals surface area contributed by atoms with Gasteiger partial charge in [0.05, 0.1) is 18.2 Å². The monoisotopic (exact) mass is 367 g/mol. The molecule has 3 rings (SSSR count). The number of pyridine rings is 1. The smallest absolute Gasteiger partial charge is 0.323 e. The van der Waals surface area contributed by atoms with E-state index in [4.69, 9.17) is 0 Å². The molecule has 1 fully saturated rings. The molecule has 1 aliphatic heterocycles. The van der Waals surface area contributed by atoms with Gasteiger partial charge in [-0.05, 0) is 17.7 Å². The topological polar surface area (TPSA) is 90.8 Å². The fourth-order valence-corrected chi connectivity index (χ4v) is 3.21. The van der Waals surface area contributed by atoms with Gasteiger partial charge in [-0.1, -0.05) is 36.4 Å². The second kappa shape index (κ2) is 8.44. The molecule has 140 valence electrons. The average molecular weight is 367 g/mol. The Balaban J connectivity index is 1.68. The van der Waals surface area contributed by atoms with Crippen LogP contribution in [0.2, 0.25) is 0 Å². The van der Waals surface area contributed by atoms with E-state index in [1.54, 1.807) is 17.2 Å². The van der Waals surface area contributed by atoms with Gasteiger partial charge in [-0.25, -0.2) is 0 Å². The molecule has 1 aromatic carbocycles. The minimum absolute atomic E-state index is 0.0938. The molecule has 1 aliphatic rings. The molecule has 0 aliphatic carbocycles. The predicted octanol–water partition coefficient (Wildman–Crippen LogP) is 1.54. The number of carbonyl (C=O) groups is 3. The minimum atomic E-state index is -1.08. The van der Waals surface area contributed by atoms with Gasteiger partial charge in [-0.3, -0.25) is 19.4 Å². The summed E-state index contributed by atoms with van der Waals surface area (Å²) >= 11 is 0. The van der Waals surface area contributed by atoms with Gasteiger partial charge in [0, 0.05) is 25.7 Å². The fraction of sp³-hybridized carbons (Fsp3) is 0.300. The van der Waals surface area contributed by atoms with Crippen LogP contribution in [-0.4, -0.2) is 50.8 Å². The summed E-state index contributed by atoms with van der Waals surface area (Å²) in [7, 11) is 0. The van der Waals surface area contributed by atoms with Gasteiger partial charge in [0.2, 0.25) is 11.8 Å². The molecule has 0 saturated carbocycles. The molecule has 2 amide bonds. The summed E-state index contributed by atoms with van der Waals surface area (Å²) in [5.41, 5.74) is 1.60. The van der Waals surface area contributed by atoms with E-state index >= 15 is 0 Å². The second-order valence-corrected chi connectivity index (χ2v) is 6.57. The molecule has 7 nitrogen and oxygen atoms in total. The number of hydrogen-bond acceptors (Lipinski definition) is 4. The molecule has 1 atom stereocenters. The number of amides is 2. The van der Waals surface area contributed by atoms with Gasteiger partial charge in [0.25, 0.3) is 0 Å². The number of carboxylic acids is 1. The molecule has 27 heavy (non-hydrogen) atoms. The van der Waals surface area contributed by atoms with Crippen molar-refractivity contribution in [2.75, 3.05) is 13.1 Å². The van der Waals surface area contributed by atoms with Crippen molar-refractivity contribution in [2.24, 2.45) is 5.92 Å². The molecule has 0 spiro atoms. The summed E-state index contributed by atoms with van der Waals surface area (Å²) in [5.74, 6) is -2.04. The van der Waals surface area contributed by atoms with Gasteiger partial charge < -0.3 is 14.9 Å². The Morgan fingerprint density at radius 1 is 1.15 bits per heavy atom. The normalized spacial score (nSPS) is 16.4. The summed E-state index contributed by atoms with van der Waals surface area (Å²) in [5, 5.41) is 9.17. The molecule has 2 heterocycles. The predicted molar refractivity (Wildman–Crippen MR) is 97.3 cm³/mol. The Bertz CT molecular complexity index is 810. The van der Waals surface area contributed by atoms with Crippen LogP contribution in [-0.2, 0) is 27.5 Å². The molecule has 1 saturated heterocycles. The summed E-state index contributed by atoms with van der Waals surface area (Å²) in [4.78, 5) is 43.5. The number of likely N-dealkylation sites (tertiary alicyclic amines) is 1. The molecule has 0 unspecified atom stereocenters. The zero-order valence-corrected chi connectivity index (χ0v) is 14.8. The van der Waals surface area contributed by atoms with Crippen LogP contribution in [0.3, 0.4) is 0 Å². The number of carboxylic acid groups (broad SMARTS) is 1. The first-order valence-electron chi connectivity index (χ1n) is 8.75. The van der Waals surface area contributed by atoms with Gasteiger partial charge >= 0.3 is 5.97 Å². The largest absolute Gasteiger partial charge is 0.480 e. The van der Waals surface area contributed by atoms with Crippen LogP contribution in [0.25, 0.3) is 0 Å². The summed E-state index contributed by atoms with van der Waals surface area (Å²) in [6, 6.07) is 14.7. The highest BCUT2D eigenvalue weighted by Crippen LogP contribution is 2.22. The van der Waals surface area contributed by atoms with E-state index in [2.05, 4.69) is 4.98 Å². The van der Waals surface area contributed by atoms with E-state index in [9.17, 15) is 19.5 Å². The van der Waals surface area contributed by atoms with Crippen molar-refractivity contribution in [1.82, 2.24) is 14.8 Å². The number of aliphatic carboxylic acids is 1. The minimum Gasteiger partial charge on any atom is -0.480 e. The highest BCUT2D eigenvalue weighted by atomic mass is 16.4. The highest BCUT2D eigenvalue weighted by molar-refractivity contribution is 5.90. The third-order valence-corrected chi connectivity index (χ3v) is 4.50. The van der Waals surface area contributed by atoms with Crippen LogP contribution < -0.4 is 0 Å². The zero-order valence-electron chi connectivity index (χ0n) is 14.8. The van der Waals surface area contributed by atoms with Crippen LogP contribution >= 0.6 is 0 Å². The SMILES string of the molecule is O=C(O)CN(Cc1ccccc1)C(=O)[C@@H]1CC(=O)N(Cc2ccccn2)C1. The lowest BCUT2D eigenvalue weighted by Crippen LogP contribution is -2.40. The third-order valence-electron chi connectivity index (χ3n) is 4.50. The van der Waals surface area contributed by atoms with E-state index < -0.39 is 18.4 Å². The van der Waals surface area contributed by atoms with Gasteiger partial charge in [0.1, 0.15) is 6.54 Å². The standard InChI is InChI=1S/C20H21N3O4/c24-18-10-16(12-22(18)13-17-8-4-5-9-21-17)20(27)23(14-19(25)26)11-15-6-2-1-3-7-15/h1-9,16H,10-14H2,(H,25,26)/t16-/m1/s1. The Hall–Kier alpha value is -3.22. The van der Waals surface area contributed by atoms with E-state index in [1.807, 2.05) is 42.5 Å². The maximum absolute atomic E-state index is 12.9. The maximum Gasteiger partial charge on any atom is 0.323 e. The van der Waals surface area contributed by atoms with Crippen LogP contribution in [0.1, 0.15) is 17.7 Å². The quantitative estimate of drug-likeness (QED) is 0.802. The Morgan fingerprint density at radius 3 is 2.56 bits per heavy atom. The number of aromatic nitrogens is 1. The lowest BCUT2D eigenvalue weighted by molar-refractivity contribution is -0.146. The van der Waals surface area contributed by atoms with Crippen molar-refractivity contribution < 1.29 is 19.5 Å². The van der Waals surface area contributed by atoms with E-state index in [0.717, 1.165) is 11.3 Å². The number of hydrogen-bond donors (Lipinski definition) is 1. The Labute approximate surface area is 157 Å². The lowest BCUT2D eigenvalue weighted by Gasteiger charge is -2.24. The van der Waals surface area contributed by atoms with Crippen LogP contribution in [0.5, 0.6) is 0 Å². The summed E-state index contributed by atoms with van der Waals surface area (Å²) in [6.07, 6.45) is 1.75.